The molecule has 1 heterocycles. The zero-order valence-corrected chi connectivity index (χ0v) is 9.08. The number of benzene rings is 1. The zero-order valence-electron chi connectivity index (χ0n) is 9.08. The summed E-state index contributed by atoms with van der Waals surface area (Å²) in [4.78, 5) is 10.8. The van der Waals surface area contributed by atoms with Crippen LogP contribution in [-0.2, 0) is 6.54 Å². The highest BCUT2D eigenvalue weighted by molar-refractivity contribution is 5.86. The number of nitrogens with zero attached hydrogens (tertiary/aromatic N) is 1. The van der Waals surface area contributed by atoms with E-state index in [4.69, 9.17) is 5.11 Å². The summed E-state index contributed by atoms with van der Waals surface area (Å²) in [6, 6.07) is 13.3. The van der Waals surface area contributed by atoms with Gasteiger partial charge in [0.05, 0.1) is 0 Å². The van der Waals surface area contributed by atoms with Crippen molar-refractivity contribution in [3.05, 3.63) is 66.0 Å². The van der Waals surface area contributed by atoms with Crippen LogP contribution in [0, 0.1) is 0 Å². The summed E-state index contributed by atoms with van der Waals surface area (Å²) >= 11 is 0. The van der Waals surface area contributed by atoms with E-state index in [9.17, 15) is 4.79 Å². The topological polar surface area (TPSA) is 41.2 Å². The predicted octanol–water partition coefficient (Wildman–Crippen LogP) is -1.28. The Labute approximate surface area is 98.3 Å². The summed E-state index contributed by atoms with van der Waals surface area (Å²) in [5.74, 6) is -0.901. The van der Waals surface area contributed by atoms with Gasteiger partial charge in [-0.15, -0.1) is 0 Å². The van der Waals surface area contributed by atoms with Gasteiger partial charge >= 0.3 is 5.97 Å². The van der Waals surface area contributed by atoms with Gasteiger partial charge in [0.15, 0.2) is 18.9 Å². The van der Waals surface area contributed by atoms with E-state index in [1.807, 2.05) is 41.1 Å². The fourth-order valence-corrected chi connectivity index (χ4v) is 1.54. The van der Waals surface area contributed by atoms with Crippen LogP contribution >= 0.6 is 0 Å². The standard InChI is InChI=1S/C13H11NO2.FH/c15-13(16)12-7-4-8-14(10-12)9-11-5-2-1-3-6-11;/h1-8,10H,9H2;1H. The van der Waals surface area contributed by atoms with E-state index in [1.165, 1.54) is 0 Å². The first kappa shape index (κ1) is 12.8. The maximum absolute atomic E-state index is 10.8. The second-order valence-corrected chi connectivity index (χ2v) is 3.56. The van der Waals surface area contributed by atoms with Crippen LogP contribution < -0.4 is 9.27 Å². The first-order chi connectivity index (χ1) is 7.75. The molecular weight excluding hydrogens is 221 g/mol. The fraction of sp³-hybridized carbons (Fsp3) is 0.0769. The lowest BCUT2D eigenvalue weighted by molar-refractivity contribution is -0.688. The Morgan fingerprint density at radius 2 is 1.82 bits per heavy atom. The van der Waals surface area contributed by atoms with Crippen LogP contribution in [0.2, 0.25) is 0 Å². The van der Waals surface area contributed by atoms with Crippen molar-refractivity contribution in [2.75, 3.05) is 0 Å². The molecule has 0 aliphatic carbocycles. The number of pyridine rings is 1. The molecule has 88 valence electrons. The van der Waals surface area contributed by atoms with E-state index >= 15 is 0 Å². The minimum Gasteiger partial charge on any atom is -1.00 e. The van der Waals surface area contributed by atoms with Gasteiger partial charge in [0.2, 0.25) is 0 Å². The molecule has 1 N–H and O–H groups in total. The lowest BCUT2D eigenvalue weighted by Gasteiger charge is -1.98. The number of carboxylic acid groups (broad SMARTS) is 1. The molecule has 4 heteroatoms. The van der Waals surface area contributed by atoms with Crippen molar-refractivity contribution in [3.8, 4) is 0 Å². The third kappa shape index (κ3) is 3.38. The molecule has 0 aliphatic heterocycles. The number of aromatic carboxylic acids is 1. The van der Waals surface area contributed by atoms with E-state index in [0.717, 1.165) is 5.56 Å². The normalized spacial score (nSPS) is 9.41. The average Bonchev–Trinajstić information content (AvgIpc) is 2.30. The van der Waals surface area contributed by atoms with E-state index in [0.29, 0.717) is 12.1 Å². The maximum atomic E-state index is 10.8. The minimum atomic E-state index is -0.901. The lowest BCUT2D eigenvalue weighted by atomic mass is 10.2. The van der Waals surface area contributed by atoms with E-state index in [2.05, 4.69) is 0 Å². The number of halogens is 1. The number of hydrogen-bond donors (Lipinski definition) is 1. The zero-order chi connectivity index (χ0) is 11.4. The number of carboxylic acids is 1. The van der Waals surface area contributed by atoms with Gasteiger partial charge in [0.1, 0.15) is 5.56 Å². The summed E-state index contributed by atoms with van der Waals surface area (Å²) in [7, 11) is 0. The Morgan fingerprint density at radius 3 is 2.47 bits per heavy atom. The fourth-order valence-electron chi connectivity index (χ4n) is 1.54. The highest BCUT2D eigenvalue weighted by Crippen LogP contribution is 1.99. The molecule has 2 aromatic rings. The molecular formula is C13H12FNO2. The number of carbonyl (C=O) groups is 1. The van der Waals surface area contributed by atoms with Crippen molar-refractivity contribution in [1.82, 2.24) is 0 Å². The van der Waals surface area contributed by atoms with Crippen molar-refractivity contribution in [3.63, 3.8) is 0 Å². The van der Waals surface area contributed by atoms with Crippen molar-refractivity contribution >= 4 is 5.97 Å². The Morgan fingerprint density at radius 1 is 1.12 bits per heavy atom. The van der Waals surface area contributed by atoms with Crippen molar-refractivity contribution < 1.29 is 19.2 Å². The summed E-state index contributed by atoms with van der Waals surface area (Å²) in [6.07, 6.45) is 3.49. The molecule has 0 spiro atoms. The highest BCUT2D eigenvalue weighted by atomic mass is 19.0. The highest BCUT2D eigenvalue weighted by Gasteiger charge is 2.08. The van der Waals surface area contributed by atoms with Gasteiger partial charge in [0, 0.05) is 11.6 Å². The molecule has 0 aliphatic rings. The molecule has 2 rings (SSSR count). The summed E-state index contributed by atoms with van der Waals surface area (Å²) in [5, 5.41) is 8.86. The molecule has 0 saturated heterocycles. The van der Waals surface area contributed by atoms with Crippen LogP contribution in [0.3, 0.4) is 0 Å². The summed E-state index contributed by atoms with van der Waals surface area (Å²) in [6.45, 7) is 0.682. The Hall–Kier alpha value is -2.23. The third-order valence-corrected chi connectivity index (χ3v) is 2.31. The molecule has 0 fully saturated rings. The van der Waals surface area contributed by atoms with Crippen LogP contribution in [0.15, 0.2) is 54.9 Å². The minimum absolute atomic E-state index is 0. The predicted molar refractivity (Wildman–Crippen MR) is 59.1 cm³/mol. The number of hydrogen-bond acceptors (Lipinski definition) is 1. The largest absolute Gasteiger partial charge is 1.00 e. The van der Waals surface area contributed by atoms with E-state index in [1.54, 1.807) is 18.3 Å². The molecule has 1 aromatic heterocycles. The summed E-state index contributed by atoms with van der Waals surface area (Å²) in [5.41, 5.74) is 1.45. The first-order valence-corrected chi connectivity index (χ1v) is 5.02. The molecule has 0 bridgehead atoms. The number of rotatable bonds is 3. The smallest absolute Gasteiger partial charge is 0.341 e. The van der Waals surface area contributed by atoms with Gasteiger partial charge in [-0.1, -0.05) is 30.3 Å². The average molecular weight is 233 g/mol. The van der Waals surface area contributed by atoms with Crippen molar-refractivity contribution in [2.24, 2.45) is 0 Å². The first-order valence-electron chi connectivity index (χ1n) is 5.02. The Bertz CT molecular complexity index is 500. The lowest BCUT2D eigenvalue weighted by Crippen LogP contribution is -3.00. The molecule has 0 radical (unpaired) electrons. The number of aromatic nitrogens is 1. The van der Waals surface area contributed by atoms with Crippen molar-refractivity contribution in [1.29, 1.82) is 0 Å². The molecule has 0 atom stereocenters. The molecule has 0 saturated carbocycles. The molecule has 1 aromatic carbocycles. The van der Waals surface area contributed by atoms with Gasteiger partial charge in [-0.05, 0) is 6.07 Å². The summed E-state index contributed by atoms with van der Waals surface area (Å²) < 4.78 is 1.86. The monoisotopic (exact) mass is 233 g/mol. The second kappa shape index (κ2) is 5.75. The van der Waals surface area contributed by atoms with E-state index in [-0.39, 0.29) is 4.70 Å². The van der Waals surface area contributed by atoms with Crippen LogP contribution in [0.25, 0.3) is 0 Å². The molecule has 3 nitrogen and oxygen atoms in total. The van der Waals surface area contributed by atoms with Crippen LogP contribution in [0.1, 0.15) is 15.9 Å². The quantitative estimate of drug-likeness (QED) is 0.671. The molecule has 17 heavy (non-hydrogen) atoms. The Balaban J connectivity index is 0.00000144. The third-order valence-electron chi connectivity index (χ3n) is 2.31. The van der Waals surface area contributed by atoms with E-state index < -0.39 is 5.97 Å². The van der Waals surface area contributed by atoms with Crippen LogP contribution in [0.4, 0.5) is 0 Å². The van der Waals surface area contributed by atoms with Gasteiger partial charge in [-0.3, -0.25) is 0 Å². The molecule has 0 amide bonds. The van der Waals surface area contributed by atoms with Gasteiger partial charge < -0.3 is 9.81 Å². The van der Waals surface area contributed by atoms with Crippen LogP contribution in [-0.4, -0.2) is 11.1 Å². The maximum Gasteiger partial charge on any atom is 0.341 e. The van der Waals surface area contributed by atoms with Crippen LogP contribution in [0.5, 0.6) is 0 Å². The van der Waals surface area contributed by atoms with Crippen molar-refractivity contribution in [2.45, 2.75) is 6.54 Å². The SMILES string of the molecule is O=C(O)c1ccc[n+](Cc2ccccc2)c1.[F-]. The van der Waals surface area contributed by atoms with Gasteiger partial charge in [-0.25, -0.2) is 4.79 Å². The van der Waals surface area contributed by atoms with Gasteiger partial charge in [0.25, 0.3) is 0 Å². The Kier molecular flexibility index (Phi) is 4.34. The second-order valence-electron chi connectivity index (χ2n) is 3.56. The molecule has 0 unspecified atom stereocenters. The van der Waals surface area contributed by atoms with Gasteiger partial charge in [-0.2, -0.15) is 4.57 Å².